The predicted octanol–water partition coefficient (Wildman–Crippen LogP) is 1.56. The van der Waals surface area contributed by atoms with Gasteiger partial charge in [-0.1, -0.05) is 11.6 Å². The normalized spacial score (nSPS) is 18.7. The Labute approximate surface area is 166 Å². The number of anilines is 1. The van der Waals surface area contributed by atoms with E-state index in [0.717, 1.165) is 75.0 Å². The van der Waals surface area contributed by atoms with E-state index in [-0.39, 0.29) is 0 Å². The molecule has 1 saturated heterocycles. The molecule has 0 atom stereocenters. The summed E-state index contributed by atoms with van der Waals surface area (Å²) in [7, 11) is 0. The first-order valence-electron chi connectivity index (χ1n) is 10.0. The van der Waals surface area contributed by atoms with Crippen molar-refractivity contribution in [2.24, 2.45) is 4.99 Å². The number of benzene rings is 1. The predicted molar refractivity (Wildman–Crippen MR) is 112 cm³/mol. The fourth-order valence-electron chi connectivity index (χ4n) is 3.60. The minimum Gasteiger partial charge on any atom is -0.379 e. The third-order valence-electron chi connectivity index (χ3n) is 5.22. The number of hydrogen-bond donors (Lipinski definition) is 2. The zero-order valence-corrected chi connectivity index (χ0v) is 16.7. The van der Waals surface area contributed by atoms with E-state index in [1.54, 1.807) is 0 Å². The van der Waals surface area contributed by atoms with E-state index in [2.05, 4.69) is 54.5 Å². The summed E-state index contributed by atoms with van der Waals surface area (Å²) in [6.45, 7) is 11.5. The zero-order chi connectivity index (χ0) is 19.3. The minimum atomic E-state index is 0.584. The molecule has 8 heteroatoms. The Morgan fingerprint density at radius 1 is 1.11 bits per heavy atom. The molecular formula is C20H29N7O. The van der Waals surface area contributed by atoms with Crippen LogP contribution in [0.4, 0.5) is 5.95 Å². The molecule has 4 rings (SSSR count). The van der Waals surface area contributed by atoms with Crippen LogP contribution in [0.1, 0.15) is 17.7 Å². The summed E-state index contributed by atoms with van der Waals surface area (Å²) in [4.78, 5) is 18.6. The van der Waals surface area contributed by atoms with Gasteiger partial charge in [-0.15, -0.1) is 0 Å². The van der Waals surface area contributed by atoms with Gasteiger partial charge in [0.2, 0.25) is 11.9 Å². The van der Waals surface area contributed by atoms with Crippen LogP contribution in [-0.4, -0.2) is 78.5 Å². The molecule has 1 aromatic carbocycles. The molecule has 0 amide bonds. The number of rotatable bonds is 5. The number of nitrogens with zero attached hydrogens (tertiary/aromatic N) is 5. The fourth-order valence-corrected chi connectivity index (χ4v) is 3.60. The maximum atomic E-state index is 5.40. The van der Waals surface area contributed by atoms with E-state index in [0.29, 0.717) is 12.6 Å². The highest BCUT2D eigenvalue weighted by Gasteiger charge is 2.15. The van der Waals surface area contributed by atoms with Gasteiger partial charge in [-0.2, -0.15) is 0 Å². The third kappa shape index (κ3) is 4.76. The molecule has 2 aromatic rings. The molecule has 0 radical (unpaired) electrons. The molecule has 28 heavy (non-hydrogen) atoms. The molecule has 2 aliphatic rings. The molecule has 3 heterocycles. The van der Waals surface area contributed by atoms with Gasteiger partial charge in [-0.3, -0.25) is 15.1 Å². The van der Waals surface area contributed by atoms with Crippen molar-refractivity contribution in [1.29, 1.82) is 0 Å². The van der Waals surface area contributed by atoms with E-state index in [9.17, 15) is 0 Å². The van der Waals surface area contributed by atoms with Crippen LogP contribution in [-0.2, 0) is 4.74 Å². The SMILES string of the molecule is Cc1ccc2nc(NC3=NCN(CCCN4CCOCC4)CN3)nc(C)c2c1. The quantitative estimate of drug-likeness (QED) is 0.811. The molecule has 2 N–H and O–H groups in total. The number of nitrogens with one attached hydrogen (secondary N) is 2. The average molecular weight is 384 g/mol. The van der Waals surface area contributed by atoms with Gasteiger partial charge in [0.15, 0.2) is 0 Å². The van der Waals surface area contributed by atoms with E-state index in [1.165, 1.54) is 5.56 Å². The van der Waals surface area contributed by atoms with Crippen molar-refractivity contribution in [1.82, 2.24) is 25.1 Å². The second-order valence-electron chi connectivity index (χ2n) is 7.46. The molecule has 1 aromatic heterocycles. The fraction of sp³-hybridized carbons (Fsp3) is 0.550. The highest BCUT2D eigenvalue weighted by molar-refractivity contribution is 5.93. The Kier molecular flexibility index (Phi) is 5.99. The molecule has 0 aliphatic carbocycles. The number of aryl methyl sites for hydroxylation is 2. The van der Waals surface area contributed by atoms with Crippen LogP contribution in [0.3, 0.4) is 0 Å². The number of morpholine rings is 1. The molecule has 0 spiro atoms. The average Bonchev–Trinajstić information content (AvgIpc) is 2.71. The van der Waals surface area contributed by atoms with Crippen LogP contribution in [0.15, 0.2) is 23.2 Å². The maximum absolute atomic E-state index is 5.40. The molecule has 150 valence electrons. The Bertz CT molecular complexity index is 848. The van der Waals surface area contributed by atoms with Crippen LogP contribution < -0.4 is 10.6 Å². The molecular weight excluding hydrogens is 354 g/mol. The lowest BCUT2D eigenvalue weighted by Gasteiger charge is -2.29. The van der Waals surface area contributed by atoms with Gasteiger partial charge < -0.3 is 10.1 Å². The third-order valence-corrected chi connectivity index (χ3v) is 5.22. The summed E-state index contributed by atoms with van der Waals surface area (Å²) in [6.07, 6.45) is 1.15. The minimum absolute atomic E-state index is 0.584. The van der Waals surface area contributed by atoms with Crippen molar-refractivity contribution in [2.45, 2.75) is 20.3 Å². The van der Waals surface area contributed by atoms with Crippen molar-refractivity contribution in [3.8, 4) is 0 Å². The first kappa shape index (κ1) is 19.0. The van der Waals surface area contributed by atoms with Gasteiger partial charge in [-0.25, -0.2) is 15.0 Å². The van der Waals surface area contributed by atoms with E-state index < -0.39 is 0 Å². The van der Waals surface area contributed by atoms with Crippen LogP contribution in [0, 0.1) is 13.8 Å². The Hall–Kier alpha value is -2.29. The van der Waals surface area contributed by atoms with Gasteiger partial charge >= 0.3 is 0 Å². The van der Waals surface area contributed by atoms with E-state index in [4.69, 9.17) is 4.74 Å². The zero-order valence-electron chi connectivity index (χ0n) is 16.7. The molecule has 0 bridgehead atoms. The number of guanidine groups is 1. The molecule has 1 fully saturated rings. The van der Waals surface area contributed by atoms with Gasteiger partial charge in [0.25, 0.3) is 0 Å². The van der Waals surface area contributed by atoms with Crippen LogP contribution in [0.25, 0.3) is 10.9 Å². The Morgan fingerprint density at radius 3 is 2.71 bits per heavy atom. The van der Waals surface area contributed by atoms with Crippen molar-refractivity contribution < 1.29 is 4.74 Å². The molecule has 8 nitrogen and oxygen atoms in total. The largest absolute Gasteiger partial charge is 0.379 e. The van der Waals surface area contributed by atoms with Crippen molar-refractivity contribution >= 4 is 22.8 Å². The number of ether oxygens (including phenoxy) is 1. The van der Waals surface area contributed by atoms with Crippen LogP contribution >= 0.6 is 0 Å². The number of aromatic nitrogens is 2. The summed E-state index contributed by atoms with van der Waals surface area (Å²) in [6, 6.07) is 6.24. The van der Waals surface area contributed by atoms with Crippen LogP contribution in [0.5, 0.6) is 0 Å². The monoisotopic (exact) mass is 383 g/mol. The van der Waals surface area contributed by atoms with E-state index >= 15 is 0 Å². The van der Waals surface area contributed by atoms with Gasteiger partial charge in [0.1, 0.15) is 0 Å². The first-order chi connectivity index (χ1) is 13.7. The molecule has 0 unspecified atom stereocenters. The lowest BCUT2D eigenvalue weighted by molar-refractivity contribution is 0.0360. The highest BCUT2D eigenvalue weighted by Crippen LogP contribution is 2.18. The lowest BCUT2D eigenvalue weighted by atomic mass is 10.1. The number of fused-ring (bicyclic) bond motifs is 1. The van der Waals surface area contributed by atoms with Gasteiger partial charge in [0, 0.05) is 25.0 Å². The number of hydrogen-bond acceptors (Lipinski definition) is 8. The van der Waals surface area contributed by atoms with Crippen molar-refractivity contribution in [3.63, 3.8) is 0 Å². The van der Waals surface area contributed by atoms with Crippen molar-refractivity contribution in [3.05, 3.63) is 29.5 Å². The summed E-state index contributed by atoms with van der Waals surface area (Å²) < 4.78 is 5.40. The van der Waals surface area contributed by atoms with Crippen LogP contribution in [0.2, 0.25) is 0 Å². The second-order valence-corrected chi connectivity index (χ2v) is 7.46. The first-order valence-corrected chi connectivity index (χ1v) is 10.0. The van der Waals surface area contributed by atoms with Crippen molar-refractivity contribution in [2.75, 3.05) is 58.0 Å². The number of aliphatic imine (C=N–C) groups is 1. The Morgan fingerprint density at radius 2 is 1.93 bits per heavy atom. The van der Waals surface area contributed by atoms with Gasteiger partial charge in [-0.05, 0) is 38.9 Å². The smallest absolute Gasteiger partial charge is 0.230 e. The lowest BCUT2D eigenvalue weighted by Crippen LogP contribution is -2.47. The molecule has 2 aliphatic heterocycles. The summed E-state index contributed by atoms with van der Waals surface area (Å²) >= 11 is 0. The maximum Gasteiger partial charge on any atom is 0.230 e. The molecule has 0 saturated carbocycles. The van der Waals surface area contributed by atoms with Gasteiger partial charge in [0.05, 0.1) is 37.8 Å². The summed E-state index contributed by atoms with van der Waals surface area (Å²) in [5.74, 6) is 1.32. The summed E-state index contributed by atoms with van der Waals surface area (Å²) in [5.41, 5.74) is 3.13. The highest BCUT2D eigenvalue weighted by atomic mass is 16.5. The second kappa shape index (κ2) is 8.81. The topological polar surface area (TPSA) is 77.9 Å². The standard InChI is InChI=1S/C20H29N7O/c1-15-4-5-18-17(12-15)16(2)23-20(24-18)25-19-21-13-27(14-22-19)7-3-6-26-8-10-28-11-9-26/h4-5,12H,3,6-11,13-14H2,1-2H3,(H2,21,22,23,24,25). The summed E-state index contributed by atoms with van der Waals surface area (Å²) in [5, 5.41) is 7.65. The Balaban J connectivity index is 1.29. The van der Waals surface area contributed by atoms with E-state index in [1.807, 2.05) is 13.0 Å².